The third-order valence-corrected chi connectivity index (χ3v) is 4.79. The smallest absolute Gasteiger partial charge is 0.152 e. The Morgan fingerprint density at radius 3 is 2.76 bits per heavy atom. The summed E-state index contributed by atoms with van der Waals surface area (Å²) in [6, 6.07) is 6.21. The number of anilines is 1. The highest BCUT2D eigenvalue weighted by Crippen LogP contribution is 2.29. The Morgan fingerprint density at radius 2 is 2.10 bits per heavy atom. The molecule has 0 radical (unpaired) electrons. The fraction of sp³-hybridized carbons (Fsp3) is 0.333. The summed E-state index contributed by atoms with van der Waals surface area (Å²) in [7, 11) is 0. The van der Waals surface area contributed by atoms with Crippen molar-refractivity contribution in [1.82, 2.24) is 14.6 Å². The van der Waals surface area contributed by atoms with Crippen molar-refractivity contribution in [1.29, 1.82) is 0 Å². The van der Waals surface area contributed by atoms with Gasteiger partial charge in [0.2, 0.25) is 0 Å². The molecule has 0 amide bonds. The van der Waals surface area contributed by atoms with E-state index in [0.717, 1.165) is 21.4 Å². The van der Waals surface area contributed by atoms with E-state index in [9.17, 15) is 0 Å². The maximum Gasteiger partial charge on any atom is 0.152 e. The van der Waals surface area contributed by atoms with E-state index in [-0.39, 0.29) is 6.04 Å². The Bertz CT molecular complexity index is 762. The highest BCUT2D eigenvalue weighted by atomic mass is 35.5. The number of hydrogen-bond donors (Lipinski definition) is 1. The minimum atomic E-state index is 0.151. The molecule has 1 atom stereocenters. The van der Waals surface area contributed by atoms with Crippen LogP contribution in [-0.4, -0.2) is 14.6 Å². The summed E-state index contributed by atoms with van der Waals surface area (Å²) in [5, 5.41) is 8.02. The maximum atomic E-state index is 6.00. The Balaban J connectivity index is 1.93. The Kier molecular flexibility index (Phi) is 3.87. The zero-order valence-electron chi connectivity index (χ0n) is 12.2. The highest BCUT2D eigenvalue weighted by molar-refractivity contribution is 7.16. The fourth-order valence-corrected chi connectivity index (χ4v) is 3.23. The van der Waals surface area contributed by atoms with Crippen LogP contribution in [0, 0.1) is 0 Å². The van der Waals surface area contributed by atoms with Crippen LogP contribution in [0.3, 0.4) is 0 Å². The summed E-state index contributed by atoms with van der Waals surface area (Å²) in [5.41, 5.74) is 2.06. The molecule has 1 N–H and O–H groups in total. The molecular formula is C15H17ClN4S. The molecular weight excluding hydrogens is 304 g/mol. The number of thiophene rings is 1. The monoisotopic (exact) mass is 320 g/mol. The predicted molar refractivity (Wildman–Crippen MR) is 88.4 cm³/mol. The van der Waals surface area contributed by atoms with Crippen LogP contribution < -0.4 is 5.32 Å². The molecule has 3 aromatic heterocycles. The lowest BCUT2D eigenvalue weighted by Gasteiger charge is -2.13. The van der Waals surface area contributed by atoms with Crippen LogP contribution >= 0.6 is 22.9 Å². The second kappa shape index (κ2) is 5.66. The lowest BCUT2D eigenvalue weighted by Crippen LogP contribution is -2.07. The normalized spacial score (nSPS) is 13.0. The van der Waals surface area contributed by atoms with Crippen molar-refractivity contribution in [3.63, 3.8) is 0 Å². The molecule has 0 bridgehead atoms. The van der Waals surface area contributed by atoms with Crippen molar-refractivity contribution in [2.24, 2.45) is 0 Å². The molecule has 0 aliphatic carbocycles. The lowest BCUT2D eigenvalue weighted by molar-refractivity contribution is 0.786. The number of hydrogen-bond acceptors (Lipinski definition) is 4. The third kappa shape index (κ3) is 2.89. The van der Waals surface area contributed by atoms with Gasteiger partial charge in [0, 0.05) is 17.3 Å². The first-order valence-electron chi connectivity index (χ1n) is 6.90. The number of halogens is 1. The van der Waals surface area contributed by atoms with Crippen LogP contribution in [0.25, 0.3) is 5.52 Å². The van der Waals surface area contributed by atoms with Crippen LogP contribution in [-0.2, 0) is 0 Å². The maximum absolute atomic E-state index is 6.00. The predicted octanol–water partition coefficient (Wildman–Crippen LogP) is 4.74. The van der Waals surface area contributed by atoms with Gasteiger partial charge < -0.3 is 5.32 Å². The molecule has 0 aromatic carbocycles. The largest absolute Gasteiger partial charge is 0.361 e. The standard InChI is InChI=1S/C15H17ClN4S/c1-9(2)11-8-12-15(17-6-7-20(12)19-11)18-10(3)13-4-5-14(16)21-13/h4-10H,1-3H3,(H,17,18). The quantitative estimate of drug-likeness (QED) is 0.755. The summed E-state index contributed by atoms with van der Waals surface area (Å²) in [4.78, 5) is 5.64. The minimum absolute atomic E-state index is 0.151. The van der Waals surface area contributed by atoms with Gasteiger partial charge in [0.1, 0.15) is 5.52 Å². The molecule has 0 saturated carbocycles. The lowest BCUT2D eigenvalue weighted by atomic mass is 10.1. The molecule has 0 spiro atoms. The van der Waals surface area contributed by atoms with Gasteiger partial charge in [0.25, 0.3) is 0 Å². The van der Waals surface area contributed by atoms with Gasteiger partial charge in [-0.1, -0.05) is 25.4 Å². The molecule has 1 unspecified atom stereocenters. The molecule has 110 valence electrons. The van der Waals surface area contributed by atoms with E-state index < -0.39 is 0 Å². The first-order valence-corrected chi connectivity index (χ1v) is 8.10. The summed E-state index contributed by atoms with van der Waals surface area (Å²) < 4.78 is 2.68. The molecule has 3 aromatic rings. The fourth-order valence-electron chi connectivity index (χ4n) is 2.17. The van der Waals surface area contributed by atoms with Gasteiger partial charge in [0.05, 0.1) is 16.1 Å². The van der Waals surface area contributed by atoms with Crippen LogP contribution in [0.4, 0.5) is 5.82 Å². The summed E-state index contributed by atoms with van der Waals surface area (Å²) in [6.45, 7) is 6.38. The van der Waals surface area contributed by atoms with Gasteiger partial charge in [-0.3, -0.25) is 0 Å². The van der Waals surface area contributed by atoms with Crippen molar-refractivity contribution < 1.29 is 0 Å². The van der Waals surface area contributed by atoms with Crippen LogP contribution in [0.1, 0.15) is 43.3 Å². The molecule has 3 heterocycles. The van der Waals surface area contributed by atoms with E-state index in [1.165, 1.54) is 4.88 Å². The first-order chi connectivity index (χ1) is 10.0. The molecule has 6 heteroatoms. The SMILES string of the molecule is CC(C)c1cc2c(NC(C)c3ccc(Cl)s3)nccn2n1. The van der Waals surface area contributed by atoms with Crippen molar-refractivity contribution >= 4 is 34.3 Å². The van der Waals surface area contributed by atoms with E-state index in [2.05, 4.69) is 42.2 Å². The zero-order valence-corrected chi connectivity index (χ0v) is 13.7. The minimum Gasteiger partial charge on any atom is -0.361 e. The third-order valence-electron chi connectivity index (χ3n) is 3.37. The zero-order chi connectivity index (χ0) is 15.0. The van der Waals surface area contributed by atoms with Gasteiger partial charge in [-0.15, -0.1) is 11.3 Å². The van der Waals surface area contributed by atoms with E-state index in [0.29, 0.717) is 5.92 Å². The number of fused-ring (bicyclic) bond motifs is 1. The number of nitrogens with one attached hydrogen (secondary N) is 1. The second-order valence-corrected chi connectivity index (χ2v) is 7.08. The molecule has 21 heavy (non-hydrogen) atoms. The second-order valence-electron chi connectivity index (χ2n) is 5.34. The summed E-state index contributed by atoms with van der Waals surface area (Å²) in [6.07, 6.45) is 3.64. The molecule has 4 nitrogen and oxygen atoms in total. The Hall–Kier alpha value is -1.59. The van der Waals surface area contributed by atoms with Crippen molar-refractivity contribution in [2.75, 3.05) is 5.32 Å². The van der Waals surface area contributed by atoms with E-state index in [4.69, 9.17) is 11.6 Å². The van der Waals surface area contributed by atoms with Gasteiger partial charge >= 0.3 is 0 Å². The highest BCUT2D eigenvalue weighted by Gasteiger charge is 2.13. The topological polar surface area (TPSA) is 42.2 Å². The molecule has 0 aliphatic rings. The van der Waals surface area contributed by atoms with Gasteiger partial charge in [-0.25, -0.2) is 9.50 Å². The van der Waals surface area contributed by atoms with E-state index >= 15 is 0 Å². The van der Waals surface area contributed by atoms with Crippen LogP contribution in [0.5, 0.6) is 0 Å². The molecule has 3 rings (SSSR count). The van der Waals surface area contributed by atoms with E-state index in [1.54, 1.807) is 17.5 Å². The average molecular weight is 321 g/mol. The number of nitrogens with zero attached hydrogens (tertiary/aromatic N) is 3. The van der Waals surface area contributed by atoms with Crippen molar-refractivity contribution in [2.45, 2.75) is 32.7 Å². The molecule has 0 fully saturated rings. The van der Waals surface area contributed by atoms with Gasteiger partial charge in [-0.2, -0.15) is 5.10 Å². The molecule has 0 saturated heterocycles. The van der Waals surface area contributed by atoms with Crippen LogP contribution in [0.15, 0.2) is 30.6 Å². The Labute approximate surface area is 132 Å². The first kappa shape index (κ1) is 14.4. The molecule has 0 aliphatic heterocycles. The number of rotatable bonds is 4. The van der Waals surface area contributed by atoms with Crippen molar-refractivity contribution in [3.8, 4) is 0 Å². The van der Waals surface area contributed by atoms with Crippen molar-refractivity contribution in [3.05, 3.63) is 45.5 Å². The Morgan fingerprint density at radius 1 is 1.29 bits per heavy atom. The van der Waals surface area contributed by atoms with E-state index in [1.807, 2.05) is 22.8 Å². The summed E-state index contributed by atoms with van der Waals surface area (Å²) in [5.74, 6) is 1.24. The summed E-state index contributed by atoms with van der Waals surface area (Å²) >= 11 is 7.58. The van der Waals surface area contributed by atoms with Gasteiger partial charge in [-0.05, 0) is 31.0 Å². The van der Waals surface area contributed by atoms with Gasteiger partial charge in [0.15, 0.2) is 5.82 Å². The van der Waals surface area contributed by atoms with Crippen LogP contribution in [0.2, 0.25) is 4.34 Å². The average Bonchev–Trinajstić information content (AvgIpc) is 3.05. The number of aromatic nitrogens is 3.